The number of hydrogen-bond donors (Lipinski definition) is 2. The number of nitrogens with one attached hydrogen (secondary N) is 1. The first-order chi connectivity index (χ1) is 17.9. The van der Waals surface area contributed by atoms with Gasteiger partial charge in [0.2, 0.25) is 6.79 Å². The Labute approximate surface area is 215 Å². The minimum absolute atomic E-state index is 0.0641. The minimum atomic E-state index is -0.591. The average Bonchev–Trinajstić information content (AvgIpc) is 3.39. The first kappa shape index (κ1) is 24.6. The van der Waals surface area contributed by atoms with Gasteiger partial charge in [0, 0.05) is 24.3 Å². The lowest BCUT2D eigenvalue weighted by molar-refractivity contribution is -0.0537. The maximum atomic E-state index is 13.9. The van der Waals surface area contributed by atoms with E-state index in [1.54, 1.807) is 34.6 Å². The van der Waals surface area contributed by atoms with Crippen molar-refractivity contribution in [1.29, 1.82) is 0 Å². The molecule has 3 aromatic carbocycles. The zero-order valence-electron chi connectivity index (χ0n) is 20.7. The Hall–Kier alpha value is -4.08. The molecule has 3 amide bonds. The van der Waals surface area contributed by atoms with Crippen LogP contribution in [0.5, 0.6) is 11.5 Å². The summed E-state index contributed by atoms with van der Waals surface area (Å²) in [5, 5.41) is 8.90. The van der Waals surface area contributed by atoms with E-state index >= 15 is 0 Å². The molecule has 3 aromatic rings. The highest BCUT2D eigenvalue weighted by Gasteiger charge is 2.30. The first-order valence-electron chi connectivity index (χ1n) is 12.2. The summed E-state index contributed by atoms with van der Waals surface area (Å²) >= 11 is 0. The van der Waals surface area contributed by atoms with Crippen molar-refractivity contribution >= 4 is 17.6 Å². The molecule has 9 heteroatoms. The van der Waals surface area contributed by atoms with Gasteiger partial charge in [0.05, 0.1) is 18.8 Å². The summed E-state index contributed by atoms with van der Waals surface area (Å²) in [5.74, 6) is 0.817. The van der Waals surface area contributed by atoms with Crippen LogP contribution in [0.2, 0.25) is 0 Å². The smallest absolute Gasteiger partial charge is 0.324 e. The monoisotopic (exact) mass is 503 g/mol. The summed E-state index contributed by atoms with van der Waals surface area (Å²) in [6, 6.07) is 20.3. The third kappa shape index (κ3) is 5.37. The molecule has 1 saturated heterocycles. The van der Waals surface area contributed by atoms with E-state index in [1.807, 2.05) is 61.2 Å². The first-order valence-corrected chi connectivity index (χ1v) is 12.2. The van der Waals surface area contributed by atoms with E-state index in [2.05, 4.69) is 0 Å². The number of amides is 3. The average molecular weight is 504 g/mol. The number of urea groups is 1. The second-order valence-electron chi connectivity index (χ2n) is 9.29. The number of nitrogens with zero attached hydrogens (tertiary/aromatic N) is 2. The number of hydrogen-bond acceptors (Lipinski definition) is 6. The number of carbonyl (C=O) groups excluding carboxylic acids is 2. The van der Waals surface area contributed by atoms with Gasteiger partial charge in [-0.05, 0) is 66.9 Å². The van der Waals surface area contributed by atoms with Crippen LogP contribution in [0, 0.1) is 0 Å². The largest absolute Gasteiger partial charge is 0.454 e. The zero-order valence-corrected chi connectivity index (χ0v) is 20.7. The van der Waals surface area contributed by atoms with E-state index in [4.69, 9.17) is 19.4 Å². The predicted molar refractivity (Wildman–Crippen MR) is 137 cm³/mol. The number of carbonyl (C=O) groups is 2. The Balaban J connectivity index is 1.47. The van der Waals surface area contributed by atoms with Gasteiger partial charge in [0.25, 0.3) is 5.91 Å². The van der Waals surface area contributed by atoms with E-state index in [1.165, 1.54) is 0 Å². The molecular weight excluding hydrogens is 474 g/mol. The molecule has 0 aliphatic carbocycles. The Morgan fingerprint density at radius 3 is 2.38 bits per heavy atom. The van der Waals surface area contributed by atoms with Crippen molar-refractivity contribution in [3.8, 4) is 22.6 Å². The molecule has 2 N–H and O–H groups in total. The standard InChI is InChI=1S/C28H29N3O6/c1-18-14-30(15-19(2)37-18)28(33)31(16-20-6-8-21(9-7-20)27(32)29-34)24-5-3-4-22(12-24)23-10-11-25-26(13-23)36-17-35-25/h3-13,18-19,34H,14-17H2,1-2H3,(H,29,32). The summed E-state index contributed by atoms with van der Waals surface area (Å²) in [5.41, 5.74) is 5.43. The fourth-order valence-corrected chi connectivity index (χ4v) is 4.71. The molecule has 0 spiro atoms. The van der Waals surface area contributed by atoms with Gasteiger partial charge in [-0.2, -0.15) is 0 Å². The molecule has 192 valence electrons. The Morgan fingerprint density at radius 2 is 1.65 bits per heavy atom. The Morgan fingerprint density at radius 1 is 0.946 bits per heavy atom. The van der Waals surface area contributed by atoms with Crippen LogP contribution in [0.4, 0.5) is 10.5 Å². The normalized spacial score (nSPS) is 18.4. The third-order valence-electron chi connectivity index (χ3n) is 6.44. The van der Waals surface area contributed by atoms with Crippen molar-refractivity contribution in [3.63, 3.8) is 0 Å². The Bertz CT molecular complexity index is 1290. The molecule has 0 bridgehead atoms. The summed E-state index contributed by atoms with van der Waals surface area (Å²) in [6.45, 7) is 5.42. The van der Waals surface area contributed by atoms with Crippen LogP contribution in [0.25, 0.3) is 11.1 Å². The van der Waals surface area contributed by atoms with E-state index < -0.39 is 5.91 Å². The molecule has 0 saturated carbocycles. The number of benzene rings is 3. The maximum Gasteiger partial charge on any atom is 0.324 e. The molecule has 1 fully saturated rings. The van der Waals surface area contributed by atoms with Crippen molar-refractivity contribution < 1.29 is 29.0 Å². The van der Waals surface area contributed by atoms with Crippen molar-refractivity contribution in [2.45, 2.75) is 32.6 Å². The van der Waals surface area contributed by atoms with E-state index in [-0.39, 0.29) is 25.0 Å². The van der Waals surface area contributed by atoms with Gasteiger partial charge >= 0.3 is 6.03 Å². The number of ether oxygens (including phenoxy) is 3. The summed E-state index contributed by atoms with van der Waals surface area (Å²) in [6.07, 6.45) is -0.128. The number of rotatable bonds is 5. The molecule has 2 atom stereocenters. The highest BCUT2D eigenvalue weighted by molar-refractivity contribution is 5.94. The molecule has 37 heavy (non-hydrogen) atoms. The number of anilines is 1. The van der Waals surface area contributed by atoms with Gasteiger partial charge in [-0.3, -0.25) is 14.9 Å². The van der Waals surface area contributed by atoms with Crippen molar-refractivity contribution in [2.24, 2.45) is 0 Å². The highest BCUT2D eigenvalue weighted by Crippen LogP contribution is 2.37. The van der Waals surface area contributed by atoms with Crippen LogP contribution >= 0.6 is 0 Å². The molecule has 9 nitrogen and oxygen atoms in total. The van der Waals surface area contributed by atoms with Gasteiger partial charge in [-0.25, -0.2) is 10.3 Å². The molecule has 0 aromatic heterocycles. The molecule has 2 aliphatic rings. The van der Waals surface area contributed by atoms with Crippen molar-refractivity contribution in [3.05, 3.63) is 77.9 Å². The molecule has 0 radical (unpaired) electrons. The summed E-state index contributed by atoms with van der Waals surface area (Å²) < 4.78 is 16.8. The quantitative estimate of drug-likeness (QED) is 0.395. The fraction of sp³-hybridized carbons (Fsp3) is 0.286. The SMILES string of the molecule is CC1CN(C(=O)N(Cc2ccc(C(=O)NO)cc2)c2cccc(-c3ccc4c(c3)OCO4)c2)CC(C)O1. The maximum absolute atomic E-state index is 13.9. The lowest BCUT2D eigenvalue weighted by atomic mass is 10.0. The summed E-state index contributed by atoms with van der Waals surface area (Å²) in [4.78, 5) is 29.2. The molecule has 2 unspecified atom stereocenters. The van der Waals surface area contributed by atoms with Crippen LogP contribution < -0.4 is 19.9 Å². The second-order valence-corrected chi connectivity index (χ2v) is 9.29. The topological polar surface area (TPSA) is 101 Å². The number of hydroxylamine groups is 1. The van der Waals surface area contributed by atoms with Crippen LogP contribution in [-0.4, -0.2) is 54.1 Å². The van der Waals surface area contributed by atoms with Gasteiger partial charge in [-0.15, -0.1) is 0 Å². The lowest BCUT2D eigenvalue weighted by Gasteiger charge is -2.38. The van der Waals surface area contributed by atoms with Crippen LogP contribution in [0.1, 0.15) is 29.8 Å². The predicted octanol–water partition coefficient (Wildman–Crippen LogP) is 4.44. The van der Waals surface area contributed by atoms with Gasteiger partial charge in [-0.1, -0.05) is 30.3 Å². The van der Waals surface area contributed by atoms with Crippen LogP contribution in [-0.2, 0) is 11.3 Å². The minimum Gasteiger partial charge on any atom is -0.454 e. The van der Waals surface area contributed by atoms with Gasteiger partial charge in [0.1, 0.15) is 0 Å². The fourth-order valence-electron chi connectivity index (χ4n) is 4.71. The third-order valence-corrected chi connectivity index (χ3v) is 6.44. The van der Waals surface area contributed by atoms with Crippen LogP contribution in [0.3, 0.4) is 0 Å². The van der Waals surface area contributed by atoms with Crippen LogP contribution in [0.15, 0.2) is 66.7 Å². The van der Waals surface area contributed by atoms with E-state index in [9.17, 15) is 9.59 Å². The second kappa shape index (κ2) is 10.5. The molecule has 2 aliphatic heterocycles. The van der Waals surface area contributed by atoms with E-state index in [0.717, 1.165) is 22.4 Å². The lowest BCUT2D eigenvalue weighted by Crippen LogP contribution is -2.52. The van der Waals surface area contributed by atoms with Crippen molar-refractivity contribution in [1.82, 2.24) is 10.4 Å². The molecule has 5 rings (SSSR count). The zero-order chi connectivity index (χ0) is 25.9. The molecular formula is C28H29N3O6. The summed E-state index contributed by atoms with van der Waals surface area (Å²) in [7, 11) is 0. The van der Waals surface area contributed by atoms with E-state index in [0.29, 0.717) is 36.7 Å². The Kier molecular flexibility index (Phi) is 6.98. The van der Waals surface area contributed by atoms with Crippen molar-refractivity contribution in [2.75, 3.05) is 24.8 Å². The van der Waals surface area contributed by atoms with Gasteiger partial charge < -0.3 is 19.1 Å². The van der Waals surface area contributed by atoms with Gasteiger partial charge in [0.15, 0.2) is 11.5 Å². The number of fused-ring (bicyclic) bond motifs is 1. The number of morpholine rings is 1. The molecule has 2 heterocycles. The highest BCUT2D eigenvalue weighted by atomic mass is 16.7.